The van der Waals surface area contributed by atoms with Gasteiger partial charge in [0.15, 0.2) is 6.10 Å². The number of carbonyl (C=O) groups is 1. The molecule has 16 heavy (non-hydrogen) atoms. The molecule has 0 spiro atoms. The molecular weight excluding hydrogens is 228 g/mol. The van der Waals surface area contributed by atoms with Crippen LogP contribution < -0.4 is 0 Å². The summed E-state index contributed by atoms with van der Waals surface area (Å²) < 4.78 is 26.0. The topological polar surface area (TPSA) is 101 Å². The smallest absolute Gasteiger partial charge is 0.340 e. The number of benzene rings is 1. The van der Waals surface area contributed by atoms with Gasteiger partial charge in [0, 0.05) is 0 Å². The van der Waals surface area contributed by atoms with Crippen LogP contribution in [-0.4, -0.2) is 21.1 Å². The van der Waals surface area contributed by atoms with Gasteiger partial charge in [0.25, 0.3) is 0 Å². The van der Waals surface area contributed by atoms with Crippen molar-refractivity contribution in [3.63, 3.8) is 0 Å². The van der Waals surface area contributed by atoms with Gasteiger partial charge in [0.2, 0.25) is 11.6 Å². The van der Waals surface area contributed by atoms with Crippen molar-refractivity contribution < 1.29 is 28.7 Å². The molecule has 0 saturated heterocycles. The van der Waals surface area contributed by atoms with Crippen LogP contribution in [0.2, 0.25) is 0 Å². The molecule has 0 fully saturated rings. The maximum absolute atomic E-state index is 13.0. The second kappa shape index (κ2) is 4.19. The summed E-state index contributed by atoms with van der Waals surface area (Å²) in [6.45, 7) is 0. The van der Waals surface area contributed by atoms with Gasteiger partial charge in [-0.3, -0.25) is 10.1 Å². The van der Waals surface area contributed by atoms with Gasteiger partial charge in [-0.25, -0.2) is 4.79 Å². The largest absolute Gasteiger partial charge is 0.479 e. The van der Waals surface area contributed by atoms with Crippen molar-refractivity contribution in [1.29, 1.82) is 0 Å². The molecule has 0 heterocycles. The van der Waals surface area contributed by atoms with E-state index in [1.165, 1.54) is 0 Å². The minimum absolute atomic E-state index is 0.403. The Hall–Kier alpha value is -2.09. The van der Waals surface area contributed by atoms with Crippen molar-refractivity contribution in [2.75, 3.05) is 0 Å². The Kier molecular flexibility index (Phi) is 3.14. The number of aliphatic hydroxyl groups excluding tert-OH is 1. The molecule has 0 aliphatic rings. The van der Waals surface area contributed by atoms with E-state index in [-0.39, 0.29) is 0 Å². The van der Waals surface area contributed by atoms with Gasteiger partial charge >= 0.3 is 11.7 Å². The Labute approximate surface area is 86.9 Å². The molecule has 0 unspecified atom stereocenters. The van der Waals surface area contributed by atoms with Crippen molar-refractivity contribution >= 4 is 11.7 Å². The number of rotatable bonds is 3. The Morgan fingerprint density at radius 3 is 2.12 bits per heavy atom. The summed E-state index contributed by atoms with van der Waals surface area (Å²) in [5.74, 6) is -4.80. The summed E-state index contributed by atoms with van der Waals surface area (Å²) in [5.41, 5.74) is -1.99. The number of hydrogen-bond donors (Lipinski definition) is 2. The number of nitro benzene ring substituents is 1. The monoisotopic (exact) mass is 233 g/mol. The lowest BCUT2D eigenvalue weighted by molar-refractivity contribution is -0.390. The van der Waals surface area contributed by atoms with E-state index in [1.54, 1.807) is 0 Å². The third-order valence-corrected chi connectivity index (χ3v) is 1.77. The van der Waals surface area contributed by atoms with Gasteiger partial charge in [-0.1, -0.05) is 0 Å². The fourth-order valence-corrected chi connectivity index (χ4v) is 1.06. The summed E-state index contributed by atoms with van der Waals surface area (Å²) in [4.78, 5) is 19.2. The molecule has 8 heteroatoms. The van der Waals surface area contributed by atoms with Gasteiger partial charge in [-0.2, -0.15) is 8.78 Å². The van der Waals surface area contributed by atoms with E-state index in [9.17, 15) is 23.7 Å². The maximum Gasteiger partial charge on any atom is 0.340 e. The molecule has 1 atom stereocenters. The standard InChI is InChI=1S/C8H5F2NO5/c9-4-1-3(7(12)8(13)14)2-5(10)6(4)11(15)16/h1-2,7,12H,(H,13,14)/t7-/m0/s1. The lowest BCUT2D eigenvalue weighted by Gasteiger charge is -2.06. The molecule has 0 amide bonds. The molecule has 0 aliphatic carbocycles. The number of hydrogen-bond acceptors (Lipinski definition) is 4. The predicted octanol–water partition coefficient (Wildman–Crippen LogP) is 0.991. The maximum atomic E-state index is 13.0. The molecule has 86 valence electrons. The average Bonchev–Trinajstić information content (AvgIpc) is 2.14. The Balaban J connectivity index is 3.30. The average molecular weight is 233 g/mol. The minimum atomic E-state index is -2.13. The summed E-state index contributed by atoms with van der Waals surface area (Å²) in [5, 5.41) is 27.5. The normalized spacial score (nSPS) is 12.2. The Bertz CT molecular complexity index is 439. The zero-order valence-electron chi connectivity index (χ0n) is 7.55. The second-order valence-electron chi connectivity index (χ2n) is 2.83. The molecule has 0 bridgehead atoms. The van der Waals surface area contributed by atoms with E-state index in [4.69, 9.17) is 10.2 Å². The minimum Gasteiger partial charge on any atom is -0.479 e. The Morgan fingerprint density at radius 2 is 1.81 bits per heavy atom. The van der Waals surface area contributed by atoms with E-state index in [0.717, 1.165) is 0 Å². The lowest BCUT2D eigenvalue weighted by atomic mass is 10.1. The number of carboxylic acids is 1. The van der Waals surface area contributed by atoms with Crippen LogP contribution in [0.5, 0.6) is 0 Å². The highest BCUT2D eigenvalue weighted by atomic mass is 19.1. The van der Waals surface area contributed by atoms with Crippen LogP contribution >= 0.6 is 0 Å². The number of nitro groups is 1. The third-order valence-electron chi connectivity index (χ3n) is 1.77. The molecule has 6 nitrogen and oxygen atoms in total. The lowest BCUT2D eigenvalue weighted by Crippen LogP contribution is -2.11. The predicted molar refractivity (Wildman–Crippen MR) is 45.6 cm³/mol. The van der Waals surface area contributed by atoms with E-state index in [0.29, 0.717) is 12.1 Å². The van der Waals surface area contributed by atoms with Gasteiger partial charge < -0.3 is 10.2 Å². The summed E-state index contributed by atoms with van der Waals surface area (Å²) >= 11 is 0. The first kappa shape index (κ1) is 12.0. The quantitative estimate of drug-likeness (QED) is 0.598. The first-order chi connectivity index (χ1) is 7.34. The highest BCUT2D eigenvalue weighted by Crippen LogP contribution is 2.25. The van der Waals surface area contributed by atoms with E-state index in [2.05, 4.69) is 0 Å². The number of carboxylic acid groups (broad SMARTS) is 1. The number of halogens is 2. The van der Waals surface area contributed by atoms with Crippen LogP contribution in [0.3, 0.4) is 0 Å². The van der Waals surface area contributed by atoms with Crippen LogP contribution in [0.15, 0.2) is 12.1 Å². The molecule has 2 N–H and O–H groups in total. The second-order valence-corrected chi connectivity index (χ2v) is 2.83. The summed E-state index contributed by atoms with van der Waals surface area (Å²) in [7, 11) is 0. The molecule has 0 saturated carbocycles. The first-order valence-electron chi connectivity index (χ1n) is 3.88. The molecular formula is C8H5F2NO5. The zero-order chi connectivity index (χ0) is 12.5. The number of aliphatic carboxylic acids is 1. The van der Waals surface area contributed by atoms with E-state index < -0.39 is 39.9 Å². The molecule has 0 aromatic heterocycles. The first-order valence-corrected chi connectivity index (χ1v) is 3.88. The van der Waals surface area contributed by atoms with Crippen LogP contribution in [0.4, 0.5) is 14.5 Å². The molecule has 1 aromatic rings. The molecule has 0 aliphatic heterocycles. The van der Waals surface area contributed by atoms with Crippen LogP contribution in [-0.2, 0) is 4.79 Å². The highest BCUT2D eigenvalue weighted by molar-refractivity contribution is 5.74. The van der Waals surface area contributed by atoms with Gasteiger partial charge in [-0.15, -0.1) is 0 Å². The number of aliphatic hydroxyl groups is 1. The zero-order valence-corrected chi connectivity index (χ0v) is 7.55. The summed E-state index contributed by atoms with van der Waals surface area (Å²) in [6, 6.07) is 0.806. The SMILES string of the molecule is O=C(O)[C@@H](O)c1cc(F)c([N+](=O)[O-])c(F)c1. The van der Waals surface area contributed by atoms with Gasteiger partial charge in [0.05, 0.1) is 4.92 Å². The van der Waals surface area contributed by atoms with Crippen molar-refractivity contribution in [2.45, 2.75) is 6.10 Å². The molecule has 1 aromatic carbocycles. The van der Waals surface area contributed by atoms with Gasteiger partial charge in [0.1, 0.15) is 0 Å². The third kappa shape index (κ3) is 2.11. The van der Waals surface area contributed by atoms with Crippen molar-refractivity contribution in [3.8, 4) is 0 Å². The van der Waals surface area contributed by atoms with Crippen molar-refractivity contribution in [3.05, 3.63) is 39.4 Å². The number of nitrogens with zero attached hydrogens (tertiary/aromatic N) is 1. The van der Waals surface area contributed by atoms with Gasteiger partial charge in [-0.05, 0) is 17.7 Å². The fourth-order valence-electron chi connectivity index (χ4n) is 1.06. The molecule has 1 rings (SSSR count). The fraction of sp³-hybridized carbons (Fsp3) is 0.125. The van der Waals surface area contributed by atoms with Crippen molar-refractivity contribution in [1.82, 2.24) is 0 Å². The van der Waals surface area contributed by atoms with E-state index in [1.807, 2.05) is 0 Å². The van der Waals surface area contributed by atoms with E-state index >= 15 is 0 Å². The van der Waals surface area contributed by atoms with Crippen molar-refractivity contribution in [2.24, 2.45) is 0 Å². The highest BCUT2D eigenvalue weighted by Gasteiger charge is 2.26. The summed E-state index contributed by atoms with van der Waals surface area (Å²) in [6.07, 6.45) is -2.13. The van der Waals surface area contributed by atoms with Crippen LogP contribution in [0.25, 0.3) is 0 Å². The molecule has 0 radical (unpaired) electrons. The Morgan fingerprint density at radius 1 is 1.38 bits per heavy atom. The van der Waals surface area contributed by atoms with Crippen LogP contribution in [0.1, 0.15) is 11.7 Å². The van der Waals surface area contributed by atoms with Crippen LogP contribution in [0, 0.1) is 21.7 Å².